The van der Waals surface area contributed by atoms with E-state index in [4.69, 9.17) is 14.7 Å². The van der Waals surface area contributed by atoms with Crippen molar-refractivity contribution in [3.05, 3.63) is 35.4 Å². The van der Waals surface area contributed by atoms with E-state index >= 15 is 0 Å². The van der Waals surface area contributed by atoms with E-state index < -0.39 is 0 Å². The van der Waals surface area contributed by atoms with Crippen molar-refractivity contribution >= 4 is 0 Å². The zero-order valence-electron chi connectivity index (χ0n) is 8.64. The molecule has 1 aliphatic heterocycles. The van der Waals surface area contributed by atoms with Gasteiger partial charge < -0.3 is 9.47 Å². The van der Waals surface area contributed by atoms with E-state index in [0.717, 1.165) is 18.8 Å². The normalized spacial score (nSPS) is 24.2. The second kappa shape index (κ2) is 5.64. The van der Waals surface area contributed by atoms with Crippen LogP contribution in [0.5, 0.6) is 0 Å². The fraction of sp³-hybridized carbons (Fsp3) is 0.462. The Morgan fingerprint density at radius 1 is 1.19 bits per heavy atom. The maximum absolute atomic E-state index is 8.66. The summed E-state index contributed by atoms with van der Waals surface area (Å²) >= 11 is 0. The van der Waals surface area contributed by atoms with Crippen LogP contribution in [0.4, 0.5) is 0 Å². The molecule has 0 N–H and O–H groups in total. The first-order chi connectivity index (χ1) is 7.29. The monoisotopic (exact) mass is 219 g/mol. The Balaban J connectivity index is 0.00000128. The molecule has 0 bridgehead atoms. The third-order valence-electron chi connectivity index (χ3n) is 2.38. The highest BCUT2D eigenvalue weighted by Gasteiger charge is 2.20. The van der Waals surface area contributed by atoms with Gasteiger partial charge in [-0.05, 0) is 12.1 Å². The third-order valence-corrected chi connectivity index (χ3v) is 2.38. The highest BCUT2D eigenvalue weighted by atomic mass is 16.7. The SMILES string of the molecule is C.CC1COC(c2ccc(C#N)cc2)OC1. The van der Waals surface area contributed by atoms with Crippen LogP contribution in [0.15, 0.2) is 24.3 Å². The van der Waals surface area contributed by atoms with Crippen molar-refractivity contribution in [2.24, 2.45) is 5.92 Å². The van der Waals surface area contributed by atoms with Gasteiger partial charge in [0.25, 0.3) is 0 Å². The topological polar surface area (TPSA) is 42.2 Å². The second-order valence-electron chi connectivity index (χ2n) is 3.84. The molecule has 1 fully saturated rings. The van der Waals surface area contributed by atoms with Crippen LogP contribution in [0.25, 0.3) is 0 Å². The number of benzene rings is 1. The van der Waals surface area contributed by atoms with Crippen molar-refractivity contribution in [3.8, 4) is 6.07 Å². The molecule has 0 aliphatic carbocycles. The molecule has 1 aliphatic rings. The standard InChI is InChI=1S/C12H13NO2.CH4/c1-9-7-14-12(15-8-9)11-4-2-10(6-13)3-5-11;/h2-5,9,12H,7-8H2,1H3;1H4. The van der Waals surface area contributed by atoms with Crippen LogP contribution >= 0.6 is 0 Å². The highest BCUT2D eigenvalue weighted by Crippen LogP contribution is 2.24. The van der Waals surface area contributed by atoms with E-state index in [-0.39, 0.29) is 13.7 Å². The summed E-state index contributed by atoms with van der Waals surface area (Å²) in [4.78, 5) is 0. The Labute approximate surface area is 96.6 Å². The fourth-order valence-corrected chi connectivity index (χ4v) is 1.51. The van der Waals surface area contributed by atoms with Gasteiger partial charge >= 0.3 is 0 Å². The molecule has 0 saturated carbocycles. The number of hydrogen-bond donors (Lipinski definition) is 0. The number of ether oxygens (including phenoxy) is 2. The van der Waals surface area contributed by atoms with E-state index in [1.165, 1.54) is 0 Å². The summed E-state index contributed by atoms with van der Waals surface area (Å²) in [7, 11) is 0. The van der Waals surface area contributed by atoms with Crippen molar-refractivity contribution < 1.29 is 9.47 Å². The van der Waals surface area contributed by atoms with E-state index in [1.807, 2.05) is 12.1 Å². The number of rotatable bonds is 1. The predicted molar refractivity (Wildman–Crippen MR) is 61.7 cm³/mol. The lowest BCUT2D eigenvalue weighted by Crippen LogP contribution is -2.24. The lowest BCUT2D eigenvalue weighted by Gasteiger charge is -2.27. The minimum atomic E-state index is -0.269. The van der Waals surface area contributed by atoms with E-state index in [0.29, 0.717) is 11.5 Å². The van der Waals surface area contributed by atoms with Gasteiger partial charge in [-0.15, -0.1) is 0 Å². The molecule has 3 heteroatoms. The van der Waals surface area contributed by atoms with Crippen LogP contribution in [0.3, 0.4) is 0 Å². The first kappa shape index (κ1) is 12.7. The van der Waals surface area contributed by atoms with E-state index in [1.54, 1.807) is 12.1 Å². The van der Waals surface area contributed by atoms with Gasteiger partial charge in [0, 0.05) is 11.5 Å². The van der Waals surface area contributed by atoms with E-state index in [2.05, 4.69) is 13.0 Å². The van der Waals surface area contributed by atoms with Crippen LogP contribution in [-0.4, -0.2) is 13.2 Å². The Hall–Kier alpha value is -1.37. The zero-order chi connectivity index (χ0) is 10.7. The van der Waals surface area contributed by atoms with Gasteiger partial charge in [-0.2, -0.15) is 5.26 Å². The summed E-state index contributed by atoms with van der Waals surface area (Å²) in [5.41, 5.74) is 1.63. The third kappa shape index (κ3) is 2.82. The molecule has 1 saturated heterocycles. The Kier molecular flexibility index (Phi) is 4.48. The first-order valence-corrected chi connectivity index (χ1v) is 5.03. The summed E-state index contributed by atoms with van der Waals surface area (Å²) in [5, 5.41) is 8.66. The Morgan fingerprint density at radius 2 is 1.75 bits per heavy atom. The molecular weight excluding hydrogens is 202 g/mol. The van der Waals surface area contributed by atoms with Crippen LogP contribution in [0.1, 0.15) is 31.8 Å². The van der Waals surface area contributed by atoms with Crippen LogP contribution in [0.2, 0.25) is 0 Å². The van der Waals surface area contributed by atoms with E-state index in [9.17, 15) is 0 Å². The largest absolute Gasteiger partial charge is 0.348 e. The van der Waals surface area contributed by atoms with Crippen LogP contribution < -0.4 is 0 Å². The summed E-state index contributed by atoms with van der Waals surface area (Å²) in [6, 6.07) is 9.39. The summed E-state index contributed by atoms with van der Waals surface area (Å²) < 4.78 is 11.1. The molecule has 0 spiro atoms. The van der Waals surface area contributed by atoms with Crippen LogP contribution in [-0.2, 0) is 9.47 Å². The molecule has 0 atom stereocenters. The van der Waals surface area contributed by atoms with Crippen molar-refractivity contribution in [3.63, 3.8) is 0 Å². The van der Waals surface area contributed by atoms with Crippen molar-refractivity contribution in [2.45, 2.75) is 20.6 Å². The molecule has 86 valence electrons. The van der Waals surface area contributed by atoms with Gasteiger partial charge in [-0.25, -0.2) is 0 Å². The molecule has 1 aromatic rings. The van der Waals surface area contributed by atoms with Gasteiger partial charge in [-0.1, -0.05) is 26.5 Å². The minimum Gasteiger partial charge on any atom is -0.348 e. The molecule has 0 aromatic heterocycles. The predicted octanol–water partition coefficient (Wildman–Crippen LogP) is 2.88. The molecule has 3 nitrogen and oxygen atoms in total. The lowest BCUT2D eigenvalue weighted by atomic mass is 10.1. The number of nitriles is 1. The molecule has 1 aromatic carbocycles. The smallest absolute Gasteiger partial charge is 0.183 e. The quantitative estimate of drug-likeness (QED) is 0.729. The second-order valence-corrected chi connectivity index (χ2v) is 3.84. The summed E-state index contributed by atoms with van der Waals surface area (Å²) in [5.74, 6) is 0.458. The molecule has 2 rings (SSSR count). The molecule has 16 heavy (non-hydrogen) atoms. The Morgan fingerprint density at radius 3 is 2.25 bits per heavy atom. The Bertz CT molecular complexity index is 359. The zero-order valence-corrected chi connectivity index (χ0v) is 8.64. The van der Waals surface area contributed by atoms with Crippen molar-refractivity contribution in [2.75, 3.05) is 13.2 Å². The summed E-state index contributed by atoms with van der Waals surface area (Å²) in [6.07, 6.45) is -0.269. The van der Waals surface area contributed by atoms with Gasteiger partial charge in [0.1, 0.15) is 0 Å². The summed E-state index contributed by atoms with van der Waals surface area (Å²) in [6.45, 7) is 3.55. The van der Waals surface area contributed by atoms with Crippen LogP contribution in [0, 0.1) is 17.2 Å². The average molecular weight is 219 g/mol. The molecule has 0 unspecified atom stereocenters. The maximum Gasteiger partial charge on any atom is 0.183 e. The van der Waals surface area contributed by atoms with Gasteiger partial charge in [0.05, 0.1) is 24.8 Å². The highest BCUT2D eigenvalue weighted by molar-refractivity contribution is 5.32. The van der Waals surface area contributed by atoms with Gasteiger partial charge in [0.15, 0.2) is 6.29 Å². The molecule has 0 radical (unpaired) electrons. The number of hydrogen-bond acceptors (Lipinski definition) is 3. The average Bonchev–Trinajstić information content (AvgIpc) is 2.30. The van der Waals surface area contributed by atoms with Crippen molar-refractivity contribution in [1.82, 2.24) is 0 Å². The van der Waals surface area contributed by atoms with Gasteiger partial charge in [0.2, 0.25) is 0 Å². The maximum atomic E-state index is 8.66. The molecule has 0 amide bonds. The lowest BCUT2D eigenvalue weighted by molar-refractivity contribution is -0.202. The molecule has 1 heterocycles. The minimum absolute atomic E-state index is 0. The fourth-order valence-electron chi connectivity index (χ4n) is 1.51. The first-order valence-electron chi connectivity index (χ1n) is 5.03. The van der Waals surface area contributed by atoms with Crippen molar-refractivity contribution in [1.29, 1.82) is 5.26 Å². The van der Waals surface area contributed by atoms with Gasteiger partial charge in [-0.3, -0.25) is 0 Å². The number of nitrogens with zero attached hydrogens (tertiary/aromatic N) is 1. The molecular formula is C13H17NO2.